The van der Waals surface area contributed by atoms with Gasteiger partial charge in [-0.1, -0.05) is 35.9 Å². The zero-order chi connectivity index (χ0) is 27.6. The molecule has 1 aromatic heterocycles. The number of aliphatic carboxylic acids is 1. The van der Waals surface area contributed by atoms with E-state index in [1.807, 2.05) is 0 Å². The number of nitrogens with one attached hydrogen (secondary N) is 1. The van der Waals surface area contributed by atoms with Crippen molar-refractivity contribution in [2.24, 2.45) is 0 Å². The molecule has 0 radical (unpaired) electrons. The lowest BCUT2D eigenvalue weighted by atomic mass is 9.93. The number of carboxylic acids is 1. The summed E-state index contributed by atoms with van der Waals surface area (Å²) in [6.07, 6.45) is -5.53. The second-order valence-electron chi connectivity index (χ2n) is 8.39. The van der Waals surface area contributed by atoms with Gasteiger partial charge in [0.2, 0.25) is 5.91 Å². The van der Waals surface area contributed by atoms with Crippen LogP contribution in [-0.2, 0) is 28.6 Å². The lowest BCUT2D eigenvalue weighted by molar-refractivity contribution is -0.138. The minimum Gasteiger partial charge on any atom is -0.481 e. The van der Waals surface area contributed by atoms with Gasteiger partial charge >= 0.3 is 17.8 Å². The van der Waals surface area contributed by atoms with Gasteiger partial charge in [0.25, 0.3) is 0 Å². The molecule has 0 saturated heterocycles. The summed E-state index contributed by atoms with van der Waals surface area (Å²) in [6.45, 7) is 0. The quantitative estimate of drug-likeness (QED) is 0.204. The Bertz CT molecular complexity index is 1610. The molecule has 4 rings (SSSR count). The smallest absolute Gasteiger partial charge is 0.418 e. The summed E-state index contributed by atoms with van der Waals surface area (Å²) in [4.78, 5) is 36.9. The first-order chi connectivity index (χ1) is 17.9. The highest BCUT2D eigenvalue weighted by Crippen LogP contribution is 2.36. The first-order valence-electron chi connectivity index (χ1n) is 11.2. The predicted octanol–water partition coefficient (Wildman–Crippen LogP) is 6.47. The topological polar surface area (TPSA) is 96.6 Å². The summed E-state index contributed by atoms with van der Waals surface area (Å²) in [5, 5.41) is 11.8. The normalized spacial score (nSPS) is 11.5. The minimum absolute atomic E-state index is 0.121. The summed E-state index contributed by atoms with van der Waals surface area (Å²) in [5.74, 6) is -3.09. The molecule has 1 heterocycles. The average molecular weight is 548 g/mol. The molecule has 0 unspecified atom stereocenters. The molecule has 3 aromatic carbocycles. The average Bonchev–Trinajstić information content (AvgIpc) is 2.84. The number of rotatable bonds is 7. The fraction of sp³-hybridized carbons (Fsp3) is 0.148. The summed E-state index contributed by atoms with van der Waals surface area (Å²) in [6, 6.07) is 13.0. The molecule has 0 spiro atoms. The van der Waals surface area contributed by atoms with Gasteiger partial charge in [0.05, 0.1) is 23.2 Å². The Morgan fingerprint density at radius 1 is 1.03 bits per heavy atom. The number of carbonyl (C=O) groups excluding carboxylic acids is 1. The van der Waals surface area contributed by atoms with Crippen LogP contribution in [0.3, 0.4) is 0 Å². The van der Waals surface area contributed by atoms with Crippen LogP contribution in [0.15, 0.2) is 69.9 Å². The number of aryl methyl sites for hydroxylation is 1. The van der Waals surface area contributed by atoms with Crippen molar-refractivity contribution in [1.82, 2.24) is 0 Å². The highest BCUT2D eigenvalue weighted by molar-refractivity contribution is 6.31. The highest BCUT2D eigenvalue weighted by Gasteiger charge is 2.34. The van der Waals surface area contributed by atoms with Gasteiger partial charge in [-0.3, -0.25) is 9.59 Å². The van der Waals surface area contributed by atoms with Gasteiger partial charge in [-0.15, -0.1) is 0 Å². The molecule has 0 saturated carbocycles. The molecule has 1 amide bonds. The van der Waals surface area contributed by atoms with Gasteiger partial charge in [-0.25, -0.2) is 9.18 Å². The highest BCUT2D eigenvalue weighted by atomic mass is 35.5. The first-order valence-corrected chi connectivity index (χ1v) is 11.5. The zero-order valence-electron chi connectivity index (χ0n) is 19.4. The number of alkyl halides is 3. The summed E-state index contributed by atoms with van der Waals surface area (Å²) < 4.78 is 59.0. The van der Waals surface area contributed by atoms with E-state index in [4.69, 9.17) is 21.1 Å². The Morgan fingerprint density at radius 3 is 2.50 bits per heavy atom. The van der Waals surface area contributed by atoms with E-state index in [0.717, 1.165) is 12.1 Å². The molecule has 2 N–H and O–H groups in total. The van der Waals surface area contributed by atoms with Crippen LogP contribution in [0.25, 0.3) is 22.1 Å². The molecule has 0 aliphatic heterocycles. The van der Waals surface area contributed by atoms with Crippen molar-refractivity contribution in [3.63, 3.8) is 0 Å². The molecule has 0 bridgehead atoms. The van der Waals surface area contributed by atoms with Crippen LogP contribution in [0.5, 0.6) is 0 Å². The third kappa shape index (κ3) is 6.03. The summed E-state index contributed by atoms with van der Waals surface area (Å²) in [7, 11) is 0. The molecule has 0 aliphatic carbocycles. The molecule has 0 atom stereocenters. The maximum atomic E-state index is 13.5. The monoisotopic (exact) mass is 547 g/mol. The second-order valence-corrected chi connectivity index (χ2v) is 8.83. The van der Waals surface area contributed by atoms with E-state index >= 15 is 0 Å². The number of hydrogen-bond donors (Lipinski definition) is 2. The number of carboxylic acid groups (broad SMARTS) is 1. The van der Waals surface area contributed by atoms with Crippen LogP contribution >= 0.6 is 11.6 Å². The van der Waals surface area contributed by atoms with E-state index in [9.17, 15) is 31.9 Å². The largest absolute Gasteiger partial charge is 0.481 e. The van der Waals surface area contributed by atoms with Crippen molar-refractivity contribution >= 4 is 40.1 Å². The van der Waals surface area contributed by atoms with Gasteiger partial charge in [-0.2, -0.15) is 13.2 Å². The van der Waals surface area contributed by atoms with Gasteiger partial charge in [0, 0.05) is 28.5 Å². The zero-order valence-corrected chi connectivity index (χ0v) is 20.1. The molecular formula is C27H18ClF4NO5. The van der Waals surface area contributed by atoms with E-state index in [2.05, 4.69) is 5.32 Å². The third-order valence-corrected chi connectivity index (χ3v) is 5.94. The number of halogens is 5. The van der Waals surface area contributed by atoms with Crippen molar-refractivity contribution in [3.8, 4) is 11.1 Å². The molecule has 4 aromatic rings. The summed E-state index contributed by atoms with van der Waals surface area (Å²) >= 11 is 6.04. The Hall–Kier alpha value is -4.18. The molecular weight excluding hydrogens is 530 g/mol. The number of carbonyl (C=O) groups is 2. The minimum atomic E-state index is -4.94. The third-order valence-electron chi connectivity index (χ3n) is 5.71. The maximum absolute atomic E-state index is 13.5. The number of anilines is 1. The van der Waals surface area contributed by atoms with E-state index in [-0.39, 0.29) is 40.6 Å². The lowest BCUT2D eigenvalue weighted by Crippen LogP contribution is -2.22. The van der Waals surface area contributed by atoms with Gasteiger partial charge < -0.3 is 14.8 Å². The summed E-state index contributed by atoms with van der Waals surface area (Å²) in [5.41, 5.74) is -1.56. The van der Waals surface area contributed by atoms with E-state index in [1.54, 1.807) is 36.4 Å². The Morgan fingerprint density at radius 2 is 1.79 bits per heavy atom. The van der Waals surface area contributed by atoms with Crippen molar-refractivity contribution in [2.75, 3.05) is 5.32 Å². The number of hydrogen-bond acceptors (Lipinski definition) is 4. The number of fused-ring (bicyclic) bond motifs is 1. The van der Waals surface area contributed by atoms with Crippen molar-refractivity contribution in [1.29, 1.82) is 0 Å². The second kappa shape index (κ2) is 10.7. The molecule has 0 aliphatic rings. The first kappa shape index (κ1) is 26.9. The van der Waals surface area contributed by atoms with Crippen molar-refractivity contribution in [3.05, 3.63) is 98.6 Å². The molecule has 11 heteroatoms. The van der Waals surface area contributed by atoms with Gasteiger partial charge in [0.1, 0.15) is 11.4 Å². The fourth-order valence-corrected chi connectivity index (χ4v) is 4.21. The van der Waals surface area contributed by atoms with Crippen LogP contribution in [0.1, 0.15) is 23.1 Å². The predicted molar refractivity (Wildman–Crippen MR) is 133 cm³/mol. The Kier molecular flexibility index (Phi) is 7.54. The van der Waals surface area contributed by atoms with E-state index in [0.29, 0.717) is 16.5 Å². The number of amides is 1. The van der Waals surface area contributed by atoms with E-state index < -0.39 is 47.2 Å². The molecule has 0 fully saturated rings. The van der Waals surface area contributed by atoms with Gasteiger partial charge in [-0.05, 0) is 47.9 Å². The van der Waals surface area contributed by atoms with Crippen LogP contribution in [-0.4, -0.2) is 17.0 Å². The van der Waals surface area contributed by atoms with Crippen LogP contribution in [0.2, 0.25) is 5.02 Å². The number of benzene rings is 3. The SMILES string of the molecule is O=C(O)CCc1cccc(-c2c(CC(=O)Nc3ccc(F)cc3C(F)(F)F)c(=O)oc3cc(Cl)ccc23)c1. The maximum Gasteiger partial charge on any atom is 0.418 e. The standard InChI is InChI=1S/C27H18ClF4NO5/c28-16-5-7-18-22(11-16)38-26(37)19(25(18)15-3-1-2-14(10-15)4-9-24(35)36)13-23(34)33-21-8-6-17(29)12-20(21)27(30,31)32/h1-3,5-8,10-12H,4,9,13H2,(H,33,34)(H,35,36). The molecule has 6 nitrogen and oxygen atoms in total. The lowest BCUT2D eigenvalue weighted by Gasteiger charge is -2.15. The van der Waals surface area contributed by atoms with Crippen LogP contribution in [0.4, 0.5) is 23.2 Å². The van der Waals surface area contributed by atoms with Crippen molar-refractivity contribution in [2.45, 2.75) is 25.4 Å². The Balaban J connectivity index is 1.79. The van der Waals surface area contributed by atoms with Crippen molar-refractivity contribution < 1.29 is 36.7 Å². The van der Waals surface area contributed by atoms with Crippen LogP contribution in [0, 0.1) is 5.82 Å². The molecule has 38 heavy (non-hydrogen) atoms. The van der Waals surface area contributed by atoms with Gasteiger partial charge in [0.15, 0.2) is 0 Å². The molecule has 196 valence electrons. The fourth-order valence-electron chi connectivity index (χ4n) is 4.05. The Labute approximate surface area is 217 Å². The van der Waals surface area contributed by atoms with E-state index in [1.165, 1.54) is 6.07 Å². The van der Waals surface area contributed by atoms with Crippen LogP contribution < -0.4 is 10.9 Å².